The molecule has 0 atom stereocenters. The molecule has 0 unspecified atom stereocenters. The third-order valence-corrected chi connectivity index (χ3v) is 1.85. The van der Waals surface area contributed by atoms with Crippen LogP contribution in [0, 0.1) is 6.92 Å². The predicted molar refractivity (Wildman–Crippen MR) is 45.6 cm³/mol. The van der Waals surface area contributed by atoms with Crippen LogP contribution in [0.4, 0.5) is 18.9 Å². The third-order valence-electron chi connectivity index (χ3n) is 1.55. The Kier molecular flexibility index (Phi) is 2.43. The van der Waals surface area contributed by atoms with E-state index in [1.807, 2.05) is 0 Å². The zero-order chi connectivity index (χ0) is 10.2. The molecule has 0 saturated heterocycles. The van der Waals surface area contributed by atoms with Crippen molar-refractivity contribution in [1.29, 1.82) is 0 Å². The van der Waals surface area contributed by atoms with Crippen LogP contribution in [0.25, 0.3) is 0 Å². The molecule has 5 heteroatoms. The molecule has 13 heavy (non-hydrogen) atoms. The summed E-state index contributed by atoms with van der Waals surface area (Å²) in [6.45, 7) is 1.63. The molecule has 0 aliphatic heterocycles. The average Bonchev–Trinajstić information content (AvgIpc) is 1.78. The second kappa shape index (κ2) is 3.10. The van der Waals surface area contributed by atoms with Crippen LogP contribution in [0.2, 0.25) is 5.02 Å². The Morgan fingerprint density at radius 1 is 1.31 bits per heavy atom. The Labute approximate surface area is 78.3 Å². The molecule has 0 fully saturated rings. The van der Waals surface area contributed by atoms with Crippen LogP contribution in [0.3, 0.4) is 0 Å². The lowest BCUT2D eigenvalue weighted by Gasteiger charge is -2.12. The van der Waals surface area contributed by atoms with Gasteiger partial charge in [0.1, 0.15) is 0 Å². The van der Waals surface area contributed by atoms with E-state index < -0.39 is 11.7 Å². The highest BCUT2D eigenvalue weighted by atomic mass is 35.5. The van der Waals surface area contributed by atoms with E-state index in [0.29, 0.717) is 5.56 Å². The van der Waals surface area contributed by atoms with Crippen molar-refractivity contribution in [2.24, 2.45) is 0 Å². The summed E-state index contributed by atoms with van der Waals surface area (Å²) >= 11 is 5.42. The van der Waals surface area contributed by atoms with Crippen molar-refractivity contribution in [1.82, 2.24) is 0 Å². The second-order valence-electron chi connectivity index (χ2n) is 2.71. The van der Waals surface area contributed by atoms with Crippen molar-refractivity contribution in [3.63, 3.8) is 0 Å². The lowest BCUT2D eigenvalue weighted by Crippen LogP contribution is -2.10. The van der Waals surface area contributed by atoms with Crippen LogP contribution in [0.15, 0.2) is 12.1 Å². The molecule has 0 amide bonds. The van der Waals surface area contributed by atoms with Gasteiger partial charge >= 0.3 is 6.18 Å². The summed E-state index contributed by atoms with van der Waals surface area (Å²) in [5, 5.41) is -0.356. The molecule has 72 valence electrons. The van der Waals surface area contributed by atoms with Crippen molar-refractivity contribution < 1.29 is 13.2 Å². The Bertz CT molecular complexity index is 310. The fraction of sp³-hybridized carbons (Fsp3) is 0.250. The molecule has 1 aromatic rings. The minimum absolute atomic E-state index is 0.336. The lowest BCUT2D eigenvalue weighted by atomic mass is 10.1. The number of hydrogen-bond acceptors (Lipinski definition) is 1. The molecular formula is C8H7ClF3N. The number of anilines is 1. The van der Waals surface area contributed by atoms with Crippen LogP contribution < -0.4 is 5.73 Å². The molecule has 0 spiro atoms. The normalized spacial score (nSPS) is 11.8. The quantitative estimate of drug-likeness (QED) is 0.652. The van der Waals surface area contributed by atoms with E-state index >= 15 is 0 Å². The van der Waals surface area contributed by atoms with Crippen molar-refractivity contribution in [2.75, 3.05) is 5.73 Å². The predicted octanol–water partition coefficient (Wildman–Crippen LogP) is 3.25. The summed E-state index contributed by atoms with van der Waals surface area (Å²) in [4.78, 5) is 0. The van der Waals surface area contributed by atoms with Crippen LogP contribution in [0.1, 0.15) is 11.1 Å². The number of nitrogen functional groups attached to an aromatic ring is 1. The van der Waals surface area contributed by atoms with Crippen LogP contribution >= 0.6 is 11.6 Å². The second-order valence-corrected chi connectivity index (χ2v) is 3.12. The van der Waals surface area contributed by atoms with Gasteiger partial charge in [-0.05, 0) is 24.6 Å². The fourth-order valence-corrected chi connectivity index (χ4v) is 1.46. The van der Waals surface area contributed by atoms with Crippen LogP contribution in [-0.2, 0) is 6.18 Å². The van der Waals surface area contributed by atoms with Gasteiger partial charge in [0.25, 0.3) is 0 Å². The van der Waals surface area contributed by atoms with Gasteiger partial charge in [-0.25, -0.2) is 0 Å². The molecule has 1 rings (SSSR count). The van der Waals surface area contributed by atoms with E-state index in [0.717, 1.165) is 0 Å². The third kappa shape index (κ3) is 2.06. The van der Waals surface area contributed by atoms with E-state index in [2.05, 4.69) is 0 Å². The summed E-state index contributed by atoms with van der Waals surface area (Å²) in [5.41, 5.74) is 4.52. The van der Waals surface area contributed by atoms with Crippen molar-refractivity contribution in [3.05, 3.63) is 28.3 Å². The summed E-state index contributed by atoms with van der Waals surface area (Å²) in [7, 11) is 0. The highest BCUT2D eigenvalue weighted by Crippen LogP contribution is 2.38. The molecule has 0 bridgehead atoms. The maximum Gasteiger partial charge on any atom is 0.419 e. The van der Waals surface area contributed by atoms with Crippen LogP contribution in [0.5, 0.6) is 0 Å². The van der Waals surface area contributed by atoms with Crippen molar-refractivity contribution in [3.8, 4) is 0 Å². The molecular weight excluding hydrogens is 203 g/mol. The van der Waals surface area contributed by atoms with E-state index in [4.69, 9.17) is 17.3 Å². The topological polar surface area (TPSA) is 26.0 Å². The van der Waals surface area contributed by atoms with Gasteiger partial charge in [-0.2, -0.15) is 13.2 Å². The largest absolute Gasteiger partial charge is 0.419 e. The van der Waals surface area contributed by atoms with Gasteiger partial charge in [-0.1, -0.05) is 11.6 Å². The molecule has 0 saturated carbocycles. The van der Waals surface area contributed by atoms with Gasteiger partial charge in [0, 0.05) is 5.69 Å². The minimum Gasteiger partial charge on any atom is -0.398 e. The zero-order valence-corrected chi connectivity index (χ0v) is 7.50. The van der Waals surface area contributed by atoms with Crippen molar-refractivity contribution >= 4 is 17.3 Å². The summed E-state index contributed by atoms with van der Waals surface area (Å²) in [5.74, 6) is 0. The van der Waals surface area contributed by atoms with Gasteiger partial charge in [-0.3, -0.25) is 0 Å². The van der Waals surface area contributed by atoms with Gasteiger partial charge in [0.2, 0.25) is 0 Å². The average molecular weight is 210 g/mol. The molecule has 2 N–H and O–H groups in total. The van der Waals surface area contributed by atoms with Crippen molar-refractivity contribution in [2.45, 2.75) is 13.1 Å². The molecule has 0 radical (unpaired) electrons. The number of alkyl halides is 3. The number of aryl methyl sites for hydroxylation is 1. The monoisotopic (exact) mass is 209 g/mol. The van der Waals surface area contributed by atoms with E-state index in [1.54, 1.807) is 6.92 Å². The first-order chi connectivity index (χ1) is 5.82. The molecule has 0 heterocycles. The lowest BCUT2D eigenvalue weighted by molar-refractivity contribution is -0.136. The number of benzene rings is 1. The first kappa shape index (κ1) is 10.2. The number of rotatable bonds is 0. The highest BCUT2D eigenvalue weighted by molar-refractivity contribution is 6.31. The SMILES string of the molecule is Cc1cc(N)c(C(F)(F)F)c(Cl)c1. The molecule has 1 aromatic carbocycles. The maximum absolute atomic E-state index is 12.3. The molecule has 0 aliphatic rings. The van der Waals surface area contributed by atoms with Gasteiger partial charge in [0.05, 0.1) is 10.6 Å². The van der Waals surface area contributed by atoms with E-state index in [-0.39, 0.29) is 10.7 Å². The number of halogens is 4. The Morgan fingerprint density at radius 2 is 1.85 bits per heavy atom. The zero-order valence-electron chi connectivity index (χ0n) is 6.74. The minimum atomic E-state index is -4.49. The fourth-order valence-electron chi connectivity index (χ4n) is 1.07. The summed E-state index contributed by atoms with van der Waals surface area (Å²) in [6, 6.07) is 2.48. The number of hydrogen-bond donors (Lipinski definition) is 1. The Hall–Kier alpha value is -0.900. The van der Waals surface area contributed by atoms with Gasteiger partial charge in [-0.15, -0.1) is 0 Å². The number of nitrogens with two attached hydrogens (primary N) is 1. The summed E-state index contributed by atoms with van der Waals surface area (Å²) in [6.07, 6.45) is -4.49. The molecule has 1 nitrogen and oxygen atoms in total. The molecule has 0 aliphatic carbocycles. The van der Waals surface area contributed by atoms with Gasteiger partial charge in [0.15, 0.2) is 0 Å². The van der Waals surface area contributed by atoms with Crippen LogP contribution in [-0.4, -0.2) is 0 Å². The maximum atomic E-state index is 12.3. The smallest absolute Gasteiger partial charge is 0.398 e. The molecule has 0 aromatic heterocycles. The standard InChI is InChI=1S/C8H7ClF3N/c1-4-2-5(9)7(6(13)3-4)8(10,11)12/h2-3H,13H2,1H3. The summed E-state index contributed by atoms with van der Waals surface area (Å²) < 4.78 is 36.8. The van der Waals surface area contributed by atoms with Gasteiger partial charge < -0.3 is 5.73 Å². The van der Waals surface area contributed by atoms with E-state index in [9.17, 15) is 13.2 Å². The Balaban J connectivity index is 3.38. The first-order valence-corrected chi connectivity index (χ1v) is 3.83. The first-order valence-electron chi connectivity index (χ1n) is 3.45. The highest BCUT2D eigenvalue weighted by Gasteiger charge is 2.35. The Morgan fingerprint density at radius 3 is 2.23 bits per heavy atom. The van der Waals surface area contributed by atoms with E-state index in [1.165, 1.54) is 12.1 Å².